The molecule has 0 spiro atoms. The molecule has 0 aromatic carbocycles. The molecule has 0 amide bonds. The van der Waals surface area contributed by atoms with Crippen LogP contribution in [0.1, 0.15) is 13.3 Å². The lowest BCUT2D eigenvalue weighted by Crippen LogP contribution is -2.25. The van der Waals surface area contributed by atoms with Crippen molar-refractivity contribution < 1.29 is 9.63 Å². The van der Waals surface area contributed by atoms with Crippen molar-refractivity contribution in [3.63, 3.8) is 0 Å². The van der Waals surface area contributed by atoms with Crippen molar-refractivity contribution in [1.82, 2.24) is 9.96 Å². The number of carbonyl (C=O) groups excluding carboxylic acids is 1. The van der Waals surface area contributed by atoms with E-state index in [1.54, 1.807) is 12.1 Å². The van der Waals surface area contributed by atoms with Gasteiger partial charge in [0.15, 0.2) is 0 Å². The predicted molar refractivity (Wildman–Crippen MR) is 47.6 cm³/mol. The summed E-state index contributed by atoms with van der Waals surface area (Å²) in [5, 5.41) is 1.56. The maximum absolute atomic E-state index is 10.5. The molecule has 0 saturated heterocycles. The van der Waals surface area contributed by atoms with E-state index in [-0.39, 0.29) is 5.97 Å². The van der Waals surface area contributed by atoms with Crippen molar-refractivity contribution in [2.24, 2.45) is 0 Å². The van der Waals surface area contributed by atoms with Crippen LogP contribution < -0.4 is 0 Å². The average molecular weight is 174 g/mol. The van der Waals surface area contributed by atoms with E-state index in [0.717, 1.165) is 19.5 Å². The molecule has 0 aromatic rings. The fraction of sp³-hybridized carbons (Fsp3) is 0.875. The second kappa shape index (κ2) is 5.97. The van der Waals surface area contributed by atoms with Gasteiger partial charge in [-0.25, -0.2) is 0 Å². The minimum absolute atomic E-state index is 0.262. The quantitative estimate of drug-likeness (QED) is 0.563. The fourth-order valence-corrected chi connectivity index (χ4v) is 0.875. The molecular formula is C8H18N2O2. The van der Waals surface area contributed by atoms with Gasteiger partial charge in [-0.2, -0.15) is 0 Å². The molecule has 0 radical (unpaired) electrons. The summed E-state index contributed by atoms with van der Waals surface area (Å²) in [4.78, 5) is 17.4. The molecule has 0 aliphatic rings. The number of hydrogen-bond acceptors (Lipinski definition) is 4. The van der Waals surface area contributed by atoms with Crippen LogP contribution in [0.2, 0.25) is 0 Å². The molecule has 4 heteroatoms. The molecule has 4 nitrogen and oxygen atoms in total. The van der Waals surface area contributed by atoms with Crippen molar-refractivity contribution in [3.8, 4) is 0 Å². The Balaban J connectivity index is 3.31. The van der Waals surface area contributed by atoms with Crippen LogP contribution in [0.25, 0.3) is 0 Å². The number of hydrogen-bond donors (Lipinski definition) is 0. The second-order valence-corrected chi connectivity index (χ2v) is 3.09. The zero-order chi connectivity index (χ0) is 9.56. The fourth-order valence-electron chi connectivity index (χ4n) is 0.875. The highest BCUT2D eigenvalue weighted by atomic mass is 16.7. The van der Waals surface area contributed by atoms with Gasteiger partial charge in [-0.1, -0.05) is 0 Å². The Morgan fingerprint density at radius 3 is 2.25 bits per heavy atom. The summed E-state index contributed by atoms with van der Waals surface area (Å²) >= 11 is 0. The van der Waals surface area contributed by atoms with E-state index in [4.69, 9.17) is 4.84 Å². The van der Waals surface area contributed by atoms with Crippen LogP contribution in [-0.4, -0.2) is 50.2 Å². The Kier molecular flexibility index (Phi) is 5.66. The highest BCUT2D eigenvalue weighted by Crippen LogP contribution is 1.90. The SMILES string of the molecule is CC(=O)ON(C)CCCN(C)C. The van der Waals surface area contributed by atoms with Gasteiger partial charge in [0.1, 0.15) is 0 Å². The summed E-state index contributed by atoms with van der Waals surface area (Å²) < 4.78 is 0. The minimum Gasteiger partial charge on any atom is -0.369 e. The van der Waals surface area contributed by atoms with Crippen molar-refractivity contribution in [1.29, 1.82) is 0 Å². The highest BCUT2D eigenvalue weighted by molar-refractivity contribution is 5.65. The maximum Gasteiger partial charge on any atom is 0.322 e. The van der Waals surface area contributed by atoms with Gasteiger partial charge in [-0.15, -0.1) is 5.06 Å². The normalized spacial score (nSPS) is 10.8. The van der Waals surface area contributed by atoms with E-state index in [1.807, 2.05) is 14.1 Å². The Labute approximate surface area is 74.0 Å². The molecule has 0 aliphatic carbocycles. The topological polar surface area (TPSA) is 32.8 Å². The lowest BCUT2D eigenvalue weighted by molar-refractivity contribution is -0.181. The van der Waals surface area contributed by atoms with E-state index < -0.39 is 0 Å². The minimum atomic E-state index is -0.262. The van der Waals surface area contributed by atoms with Crippen LogP contribution in [-0.2, 0) is 9.63 Å². The van der Waals surface area contributed by atoms with E-state index in [0.29, 0.717) is 0 Å². The molecule has 0 aromatic heterocycles. The third kappa shape index (κ3) is 7.50. The molecule has 0 N–H and O–H groups in total. The monoisotopic (exact) mass is 174 g/mol. The largest absolute Gasteiger partial charge is 0.369 e. The molecule has 0 unspecified atom stereocenters. The lowest BCUT2D eigenvalue weighted by Gasteiger charge is -2.16. The Morgan fingerprint density at radius 2 is 1.83 bits per heavy atom. The van der Waals surface area contributed by atoms with E-state index in [9.17, 15) is 4.79 Å². The molecule has 12 heavy (non-hydrogen) atoms. The van der Waals surface area contributed by atoms with Crippen LogP contribution in [0, 0.1) is 0 Å². The van der Waals surface area contributed by atoms with Crippen molar-refractivity contribution in [2.45, 2.75) is 13.3 Å². The zero-order valence-electron chi connectivity index (χ0n) is 8.33. The van der Waals surface area contributed by atoms with Crippen molar-refractivity contribution >= 4 is 5.97 Å². The third-order valence-corrected chi connectivity index (χ3v) is 1.36. The highest BCUT2D eigenvalue weighted by Gasteiger charge is 2.01. The van der Waals surface area contributed by atoms with E-state index >= 15 is 0 Å². The summed E-state index contributed by atoms with van der Waals surface area (Å²) in [6.07, 6.45) is 0.997. The number of rotatable bonds is 5. The molecule has 72 valence electrons. The van der Waals surface area contributed by atoms with Gasteiger partial charge in [0.25, 0.3) is 0 Å². The van der Waals surface area contributed by atoms with Crippen molar-refractivity contribution in [3.05, 3.63) is 0 Å². The molecule has 0 fully saturated rings. The number of hydroxylamine groups is 2. The van der Waals surface area contributed by atoms with Crippen LogP contribution in [0.3, 0.4) is 0 Å². The molecule has 0 bridgehead atoms. The van der Waals surface area contributed by atoms with Gasteiger partial charge in [0.2, 0.25) is 0 Å². The second-order valence-electron chi connectivity index (χ2n) is 3.09. The van der Waals surface area contributed by atoms with E-state index in [2.05, 4.69) is 4.90 Å². The van der Waals surface area contributed by atoms with Crippen LogP contribution in [0.5, 0.6) is 0 Å². The van der Waals surface area contributed by atoms with Gasteiger partial charge < -0.3 is 9.74 Å². The summed E-state index contributed by atoms with van der Waals surface area (Å²) in [6.45, 7) is 3.19. The summed E-state index contributed by atoms with van der Waals surface area (Å²) in [5.74, 6) is -0.262. The first-order valence-corrected chi connectivity index (χ1v) is 4.06. The van der Waals surface area contributed by atoms with Crippen LogP contribution >= 0.6 is 0 Å². The molecular weight excluding hydrogens is 156 g/mol. The van der Waals surface area contributed by atoms with Gasteiger partial charge >= 0.3 is 5.97 Å². The molecule has 0 rings (SSSR count). The maximum atomic E-state index is 10.5. The predicted octanol–water partition coefficient (Wildman–Crippen LogP) is 0.348. The average Bonchev–Trinajstić information content (AvgIpc) is 1.84. The van der Waals surface area contributed by atoms with E-state index in [1.165, 1.54) is 6.92 Å². The first-order chi connectivity index (χ1) is 5.52. The van der Waals surface area contributed by atoms with Gasteiger partial charge in [0, 0.05) is 20.5 Å². The van der Waals surface area contributed by atoms with Crippen LogP contribution in [0.15, 0.2) is 0 Å². The Morgan fingerprint density at radius 1 is 1.25 bits per heavy atom. The molecule has 0 saturated carbocycles. The zero-order valence-corrected chi connectivity index (χ0v) is 8.33. The first kappa shape index (κ1) is 11.4. The Hall–Kier alpha value is -0.610. The van der Waals surface area contributed by atoms with Gasteiger partial charge in [-0.05, 0) is 27.1 Å². The van der Waals surface area contributed by atoms with Gasteiger partial charge in [0.05, 0.1) is 0 Å². The Bertz CT molecular complexity index is 137. The number of nitrogens with zero attached hydrogens (tertiary/aromatic N) is 2. The third-order valence-electron chi connectivity index (χ3n) is 1.36. The van der Waals surface area contributed by atoms with Crippen LogP contribution in [0.4, 0.5) is 0 Å². The molecule has 0 aliphatic heterocycles. The summed E-state index contributed by atoms with van der Waals surface area (Å²) in [7, 11) is 5.80. The molecule has 0 heterocycles. The smallest absolute Gasteiger partial charge is 0.322 e. The van der Waals surface area contributed by atoms with Crippen molar-refractivity contribution in [2.75, 3.05) is 34.2 Å². The number of carbonyl (C=O) groups is 1. The first-order valence-electron chi connectivity index (χ1n) is 4.06. The van der Waals surface area contributed by atoms with Gasteiger partial charge in [-0.3, -0.25) is 4.79 Å². The summed E-state index contributed by atoms with van der Waals surface area (Å²) in [5.41, 5.74) is 0. The molecule has 0 atom stereocenters. The summed E-state index contributed by atoms with van der Waals surface area (Å²) in [6, 6.07) is 0. The standard InChI is InChI=1S/C8H18N2O2/c1-8(11)12-10(4)7-5-6-9(2)3/h5-7H2,1-4H3. The lowest BCUT2D eigenvalue weighted by atomic mass is 10.4.